The lowest BCUT2D eigenvalue weighted by Crippen LogP contribution is -2.17. The van der Waals surface area contributed by atoms with Crippen molar-refractivity contribution in [1.82, 2.24) is 5.43 Å². The molecular weight excluding hydrogens is 390 g/mol. The normalized spacial score (nSPS) is 10.7. The number of hydrogen-bond donors (Lipinski definition) is 2. The number of nitro benzene ring substituents is 1. The monoisotopic (exact) mass is 397 g/mol. The Bertz CT molecular complexity index is 793. The number of nitrogens with one attached hydrogen (secondary N) is 1. The van der Waals surface area contributed by atoms with E-state index in [0.717, 1.165) is 6.21 Å². The van der Waals surface area contributed by atoms with E-state index in [1.54, 1.807) is 12.1 Å². The van der Waals surface area contributed by atoms with Crippen molar-refractivity contribution in [2.24, 2.45) is 5.10 Å². The van der Waals surface area contributed by atoms with Gasteiger partial charge in [0.25, 0.3) is 5.91 Å². The third kappa shape index (κ3) is 4.05. The molecule has 0 heterocycles. The molecule has 0 aliphatic rings. The van der Waals surface area contributed by atoms with E-state index in [-0.39, 0.29) is 10.0 Å². The molecule has 0 spiro atoms. The molecule has 2 aromatic rings. The molecule has 0 fully saturated rings. The highest BCUT2D eigenvalue weighted by atomic mass is 79.9. The fraction of sp³-hybridized carbons (Fsp3) is 0. The Labute approximate surface area is 143 Å². The van der Waals surface area contributed by atoms with Crippen LogP contribution in [0, 0.1) is 10.1 Å². The average molecular weight is 399 g/mol. The summed E-state index contributed by atoms with van der Waals surface area (Å²) < 4.78 is 0.141. The van der Waals surface area contributed by atoms with Gasteiger partial charge in [-0.1, -0.05) is 11.6 Å². The molecule has 118 valence electrons. The molecule has 1 amide bonds. The number of carbonyl (C=O) groups is 1. The van der Waals surface area contributed by atoms with Crippen molar-refractivity contribution in [3.63, 3.8) is 0 Å². The Hall–Kier alpha value is -2.45. The fourth-order valence-corrected chi connectivity index (χ4v) is 2.27. The Morgan fingerprint density at radius 2 is 1.96 bits per heavy atom. The van der Waals surface area contributed by atoms with E-state index in [0.29, 0.717) is 10.6 Å². The zero-order chi connectivity index (χ0) is 17.0. The summed E-state index contributed by atoms with van der Waals surface area (Å²) in [5.74, 6) is -1.03. The van der Waals surface area contributed by atoms with E-state index >= 15 is 0 Å². The molecule has 23 heavy (non-hydrogen) atoms. The number of amides is 1. The highest BCUT2D eigenvalue weighted by Crippen LogP contribution is 2.35. The molecule has 0 unspecified atom stereocenters. The maximum atomic E-state index is 11.8. The van der Waals surface area contributed by atoms with Gasteiger partial charge in [0.1, 0.15) is 0 Å². The number of aromatic hydroxyl groups is 1. The van der Waals surface area contributed by atoms with E-state index in [4.69, 9.17) is 11.6 Å². The smallest absolute Gasteiger partial charge is 0.325 e. The molecule has 0 aromatic heterocycles. The highest BCUT2D eigenvalue weighted by molar-refractivity contribution is 9.10. The number of nitrogens with zero attached hydrogens (tertiary/aromatic N) is 2. The second-order valence-corrected chi connectivity index (χ2v) is 5.59. The highest BCUT2D eigenvalue weighted by Gasteiger charge is 2.20. The predicted molar refractivity (Wildman–Crippen MR) is 89.0 cm³/mol. The van der Waals surface area contributed by atoms with Crippen molar-refractivity contribution in [1.29, 1.82) is 0 Å². The Balaban J connectivity index is 2.15. The number of phenols is 1. The number of hydrogen-bond acceptors (Lipinski definition) is 5. The van der Waals surface area contributed by atoms with Crippen LogP contribution in [0.1, 0.15) is 15.9 Å². The largest absolute Gasteiger partial charge is 0.502 e. The summed E-state index contributed by atoms with van der Waals surface area (Å²) >= 11 is 8.71. The SMILES string of the molecule is O=C(NN=Cc1ccc(Br)c([N+](=O)[O-])c1O)c1ccc(Cl)cc1. The van der Waals surface area contributed by atoms with Gasteiger partial charge in [-0.05, 0) is 52.3 Å². The molecule has 2 aromatic carbocycles. The fourth-order valence-electron chi connectivity index (χ4n) is 1.67. The molecule has 0 saturated heterocycles. The number of nitro groups is 1. The third-order valence-corrected chi connectivity index (χ3v) is 3.68. The lowest BCUT2D eigenvalue weighted by molar-refractivity contribution is -0.386. The van der Waals surface area contributed by atoms with Crippen molar-refractivity contribution in [2.75, 3.05) is 0 Å². The van der Waals surface area contributed by atoms with Crippen LogP contribution >= 0.6 is 27.5 Å². The summed E-state index contributed by atoms with van der Waals surface area (Å²) in [7, 11) is 0. The minimum absolute atomic E-state index is 0.0938. The maximum absolute atomic E-state index is 11.8. The Kier molecular flexibility index (Phi) is 5.30. The molecule has 2 N–H and O–H groups in total. The van der Waals surface area contributed by atoms with Crippen molar-refractivity contribution < 1.29 is 14.8 Å². The van der Waals surface area contributed by atoms with Crippen LogP contribution in [0.25, 0.3) is 0 Å². The zero-order valence-corrected chi connectivity index (χ0v) is 13.7. The molecular formula is C14H9BrClN3O4. The van der Waals surface area contributed by atoms with Gasteiger partial charge >= 0.3 is 5.69 Å². The minimum Gasteiger partial charge on any atom is -0.502 e. The number of rotatable bonds is 4. The van der Waals surface area contributed by atoms with Gasteiger partial charge in [-0.25, -0.2) is 5.43 Å². The summed E-state index contributed by atoms with van der Waals surface area (Å²) in [6.45, 7) is 0. The Morgan fingerprint density at radius 3 is 2.57 bits per heavy atom. The van der Waals surface area contributed by atoms with Gasteiger partial charge in [0, 0.05) is 16.1 Å². The van der Waals surface area contributed by atoms with Gasteiger partial charge in [-0.2, -0.15) is 5.10 Å². The van der Waals surface area contributed by atoms with Gasteiger partial charge in [-0.3, -0.25) is 14.9 Å². The molecule has 0 radical (unpaired) electrons. The molecule has 0 saturated carbocycles. The summed E-state index contributed by atoms with van der Waals surface area (Å²) in [4.78, 5) is 22.0. The lowest BCUT2D eigenvalue weighted by atomic mass is 10.2. The third-order valence-electron chi connectivity index (χ3n) is 2.79. The molecule has 0 bridgehead atoms. The number of phenolic OH excluding ortho intramolecular Hbond substituents is 1. The van der Waals surface area contributed by atoms with Crippen LogP contribution < -0.4 is 5.43 Å². The second-order valence-electron chi connectivity index (χ2n) is 4.30. The van der Waals surface area contributed by atoms with Gasteiger partial charge in [0.2, 0.25) is 5.75 Å². The standard InChI is InChI=1S/C14H9BrClN3O4/c15-11-6-3-9(13(20)12(11)19(22)23)7-17-18-14(21)8-1-4-10(16)5-2-8/h1-7,20H,(H,18,21). The molecule has 2 rings (SSSR count). The van der Waals surface area contributed by atoms with Crippen LogP contribution in [0.3, 0.4) is 0 Å². The first-order valence-corrected chi connectivity index (χ1v) is 7.32. The predicted octanol–water partition coefficient (Wildman–Crippen LogP) is 3.48. The van der Waals surface area contributed by atoms with Crippen molar-refractivity contribution in [3.05, 3.63) is 67.1 Å². The van der Waals surface area contributed by atoms with E-state index in [9.17, 15) is 20.0 Å². The van der Waals surface area contributed by atoms with Crippen LogP contribution in [0.4, 0.5) is 5.69 Å². The summed E-state index contributed by atoms with van der Waals surface area (Å²) in [5.41, 5.74) is 2.22. The van der Waals surface area contributed by atoms with Crippen LogP contribution in [0.5, 0.6) is 5.75 Å². The molecule has 7 nitrogen and oxygen atoms in total. The van der Waals surface area contributed by atoms with Gasteiger partial charge in [0.05, 0.1) is 15.6 Å². The number of halogens is 2. The van der Waals surface area contributed by atoms with Gasteiger partial charge in [-0.15, -0.1) is 0 Å². The summed E-state index contributed by atoms with van der Waals surface area (Å²) in [6.07, 6.45) is 1.11. The van der Waals surface area contributed by atoms with Crippen molar-refractivity contribution in [2.45, 2.75) is 0 Å². The second kappa shape index (κ2) is 7.21. The minimum atomic E-state index is -0.719. The van der Waals surface area contributed by atoms with Crippen molar-refractivity contribution in [3.8, 4) is 5.75 Å². The maximum Gasteiger partial charge on any atom is 0.325 e. The van der Waals surface area contributed by atoms with Crippen LogP contribution in [0.15, 0.2) is 46.0 Å². The molecule has 0 aliphatic heterocycles. The quantitative estimate of drug-likeness (QED) is 0.467. The van der Waals surface area contributed by atoms with Gasteiger partial charge < -0.3 is 5.11 Å². The molecule has 9 heteroatoms. The van der Waals surface area contributed by atoms with E-state index in [2.05, 4.69) is 26.5 Å². The van der Waals surface area contributed by atoms with E-state index in [1.807, 2.05) is 0 Å². The van der Waals surface area contributed by atoms with Gasteiger partial charge in [0.15, 0.2) is 0 Å². The summed E-state index contributed by atoms with van der Waals surface area (Å²) in [5, 5.41) is 24.9. The zero-order valence-electron chi connectivity index (χ0n) is 11.4. The molecule has 0 aliphatic carbocycles. The van der Waals surface area contributed by atoms with Crippen molar-refractivity contribution >= 4 is 45.3 Å². The first-order chi connectivity index (χ1) is 10.9. The number of benzene rings is 2. The Morgan fingerprint density at radius 1 is 1.30 bits per heavy atom. The number of carbonyl (C=O) groups excluding carboxylic acids is 1. The van der Waals surface area contributed by atoms with Crippen LogP contribution in [-0.2, 0) is 0 Å². The summed E-state index contributed by atoms with van der Waals surface area (Å²) in [6, 6.07) is 8.99. The average Bonchev–Trinajstić information content (AvgIpc) is 2.49. The lowest BCUT2D eigenvalue weighted by Gasteiger charge is -2.03. The number of hydrazone groups is 1. The first kappa shape index (κ1) is 16.9. The van der Waals surface area contributed by atoms with E-state index in [1.165, 1.54) is 24.3 Å². The van der Waals surface area contributed by atoms with E-state index < -0.39 is 22.3 Å². The molecule has 0 atom stereocenters. The topological polar surface area (TPSA) is 105 Å². The van der Waals surface area contributed by atoms with Crippen LogP contribution in [-0.4, -0.2) is 22.2 Å². The first-order valence-electron chi connectivity index (χ1n) is 6.15. The van der Waals surface area contributed by atoms with Crippen LogP contribution in [0.2, 0.25) is 5.02 Å².